The fourth-order valence-corrected chi connectivity index (χ4v) is 3.23. The first-order valence-electron chi connectivity index (χ1n) is 8.83. The molecule has 0 bridgehead atoms. The Bertz CT molecular complexity index is 795. The van der Waals surface area contributed by atoms with Gasteiger partial charge in [0.2, 0.25) is 0 Å². The van der Waals surface area contributed by atoms with Gasteiger partial charge in [-0.1, -0.05) is 0 Å². The lowest BCUT2D eigenvalue weighted by Crippen LogP contribution is -2.50. The van der Waals surface area contributed by atoms with Gasteiger partial charge in [-0.05, 0) is 24.3 Å². The molecule has 136 valence electrons. The number of aromatic nitrogens is 1. The highest BCUT2D eigenvalue weighted by molar-refractivity contribution is 5.96. The van der Waals surface area contributed by atoms with E-state index in [-0.39, 0.29) is 11.8 Å². The maximum absolute atomic E-state index is 12.8. The van der Waals surface area contributed by atoms with Crippen LogP contribution in [0.5, 0.6) is 11.5 Å². The van der Waals surface area contributed by atoms with Crippen LogP contribution in [0.2, 0.25) is 0 Å². The van der Waals surface area contributed by atoms with Crippen LogP contribution in [0.15, 0.2) is 36.7 Å². The van der Waals surface area contributed by atoms with E-state index in [1.807, 2.05) is 0 Å². The number of hydrogen-bond donors (Lipinski definition) is 1. The van der Waals surface area contributed by atoms with E-state index in [9.17, 15) is 9.59 Å². The van der Waals surface area contributed by atoms with Gasteiger partial charge in [-0.15, -0.1) is 0 Å². The van der Waals surface area contributed by atoms with E-state index in [0.717, 1.165) is 6.42 Å². The molecule has 3 heterocycles. The summed E-state index contributed by atoms with van der Waals surface area (Å²) in [6.45, 7) is 3.30. The van der Waals surface area contributed by atoms with E-state index in [4.69, 9.17) is 9.47 Å². The minimum atomic E-state index is -0.0469. The summed E-state index contributed by atoms with van der Waals surface area (Å²) in [7, 11) is 0. The quantitative estimate of drug-likeness (QED) is 0.891. The molecule has 0 unspecified atom stereocenters. The molecule has 1 N–H and O–H groups in total. The molecule has 0 atom stereocenters. The number of hydrogen-bond acceptors (Lipinski definition) is 4. The predicted molar refractivity (Wildman–Crippen MR) is 94.6 cm³/mol. The second-order valence-electron chi connectivity index (χ2n) is 6.40. The first-order valence-corrected chi connectivity index (χ1v) is 8.83. The van der Waals surface area contributed by atoms with E-state index in [1.54, 1.807) is 46.5 Å². The van der Waals surface area contributed by atoms with Crippen LogP contribution >= 0.6 is 0 Å². The van der Waals surface area contributed by atoms with E-state index in [0.29, 0.717) is 62.0 Å². The molecule has 2 amide bonds. The molecule has 1 saturated heterocycles. The summed E-state index contributed by atoms with van der Waals surface area (Å²) in [6, 6.07) is 7.07. The van der Waals surface area contributed by atoms with Crippen molar-refractivity contribution < 1.29 is 19.1 Å². The third-order valence-corrected chi connectivity index (χ3v) is 4.69. The molecule has 0 spiro atoms. The van der Waals surface area contributed by atoms with Crippen LogP contribution < -0.4 is 9.47 Å². The van der Waals surface area contributed by atoms with Crippen molar-refractivity contribution >= 4 is 11.8 Å². The molecule has 26 heavy (non-hydrogen) atoms. The normalized spacial score (nSPS) is 16.9. The molecular formula is C19H21N3O4. The predicted octanol–water partition coefficient (Wildman–Crippen LogP) is 1.77. The van der Waals surface area contributed by atoms with E-state index >= 15 is 0 Å². The molecule has 2 aromatic rings. The van der Waals surface area contributed by atoms with Crippen LogP contribution in [0.4, 0.5) is 0 Å². The fraction of sp³-hybridized carbons (Fsp3) is 0.368. The summed E-state index contributed by atoms with van der Waals surface area (Å²) in [5.74, 6) is 1.25. The maximum Gasteiger partial charge on any atom is 0.255 e. The number of rotatable bonds is 2. The number of nitrogens with one attached hydrogen (secondary N) is 1. The number of aromatic amines is 1. The van der Waals surface area contributed by atoms with Gasteiger partial charge in [-0.2, -0.15) is 0 Å². The highest BCUT2D eigenvalue weighted by atomic mass is 16.5. The zero-order valence-corrected chi connectivity index (χ0v) is 14.4. The van der Waals surface area contributed by atoms with E-state index < -0.39 is 0 Å². The molecule has 1 aromatic carbocycles. The summed E-state index contributed by atoms with van der Waals surface area (Å²) in [4.78, 5) is 31.6. The number of nitrogens with zero attached hydrogens (tertiary/aromatic N) is 2. The summed E-state index contributed by atoms with van der Waals surface area (Å²) >= 11 is 0. The first-order chi connectivity index (χ1) is 12.7. The highest BCUT2D eigenvalue weighted by Gasteiger charge is 2.26. The molecule has 0 saturated carbocycles. The molecule has 0 aliphatic carbocycles. The zero-order valence-electron chi connectivity index (χ0n) is 14.4. The largest absolute Gasteiger partial charge is 0.490 e. The van der Waals surface area contributed by atoms with Crippen molar-refractivity contribution in [1.82, 2.24) is 14.8 Å². The average molecular weight is 355 g/mol. The molecule has 4 rings (SSSR count). The van der Waals surface area contributed by atoms with Gasteiger partial charge in [-0.25, -0.2) is 0 Å². The number of piperazine rings is 1. The lowest BCUT2D eigenvalue weighted by atomic mass is 10.1. The minimum Gasteiger partial charge on any atom is -0.490 e. The van der Waals surface area contributed by atoms with Crippen LogP contribution in [-0.2, 0) is 0 Å². The van der Waals surface area contributed by atoms with Crippen molar-refractivity contribution in [2.45, 2.75) is 6.42 Å². The third kappa shape index (κ3) is 3.24. The van der Waals surface area contributed by atoms with Crippen LogP contribution in [0.3, 0.4) is 0 Å². The van der Waals surface area contributed by atoms with Gasteiger partial charge < -0.3 is 24.3 Å². The van der Waals surface area contributed by atoms with E-state index in [1.165, 1.54) is 0 Å². The topological polar surface area (TPSA) is 74.9 Å². The van der Waals surface area contributed by atoms with Gasteiger partial charge in [0.1, 0.15) is 0 Å². The van der Waals surface area contributed by atoms with Gasteiger partial charge in [0.15, 0.2) is 11.5 Å². The summed E-state index contributed by atoms with van der Waals surface area (Å²) < 4.78 is 11.3. The standard InChI is InChI=1S/C19H21N3O4/c23-18(14-2-3-16-17(12-14)26-11-1-10-25-16)21-6-8-22(9-7-21)19(24)15-4-5-20-13-15/h2-5,12-13,20H,1,6-11H2. The maximum atomic E-state index is 12.8. The van der Waals surface area contributed by atoms with Crippen molar-refractivity contribution in [1.29, 1.82) is 0 Å². The summed E-state index contributed by atoms with van der Waals surface area (Å²) in [5, 5.41) is 0. The van der Waals surface area contributed by atoms with Gasteiger partial charge in [0.05, 0.1) is 18.8 Å². The van der Waals surface area contributed by atoms with Crippen LogP contribution in [-0.4, -0.2) is 66.0 Å². The molecule has 2 aliphatic rings. The van der Waals surface area contributed by atoms with Crippen LogP contribution in [0.25, 0.3) is 0 Å². The molecule has 7 nitrogen and oxygen atoms in total. The van der Waals surface area contributed by atoms with E-state index in [2.05, 4.69) is 4.98 Å². The van der Waals surface area contributed by atoms with Gasteiger partial charge in [0.25, 0.3) is 11.8 Å². The second kappa shape index (κ2) is 7.11. The third-order valence-electron chi connectivity index (χ3n) is 4.69. The molecule has 2 aliphatic heterocycles. The monoisotopic (exact) mass is 355 g/mol. The Kier molecular flexibility index (Phi) is 4.51. The average Bonchev–Trinajstić information content (AvgIpc) is 3.12. The van der Waals surface area contributed by atoms with Crippen molar-refractivity contribution in [3.8, 4) is 11.5 Å². The molecule has 7 heteroatoms. The zero-order chi connectivity index (χ0) is 17.9. The molecular weight excluding hydrogens is 334 g/mol. The van der Waals surface area contributed by atoms with Crippen LogP contribution in [0.1, 0.15) is 27.1 Å². The van der Waals surface area contributed by atoms with Gasteiger partial charge >= 0.3 is 0 Å². The van der Waals surface area contributed by atoms with Gasteiger partial charge in [0, 0.05) is 50.6 Å². The second-order valence-corrected chi connectivity index (χ2v) is 6.40. The first kappa shape index (κ1) is 16.5. The van der Waals surface area contributed by atoms with Crippen LogP contribution in [0, 0.1) is 0 Å². The molecule has 1 aromatic heterocycles. The number of carbonyl (C=O) groups excluding carboxylic acids is 2. The Balaban J connectivity index is 1.41. The number of benzene rings is 1. The SMILES string of the molecule is O=C(c1cc[nH]c1)N1CCN(C(=O)c2ccc3c(c2)OCCCO3)CC1. The molecule has 0 radical (unpaired) electrons. The minimum absolute atomic E-state index is 0.00562. The summed E-state index contributed by atoms with van der Waals surface area (Å²) in [6.07, 6.45) is 4.25. The fourth-order valence-electron chi connectivity index (χ4n) is 3.23. The van der Waals surface area contributed by atoms with Crippen molar-refractivity contribution in [2.75, 3.05) is 39.4 Å². The highest BCUT2D eigenvalue weighted by Crippen LogP contribution is 2.30. The number of ether oxygens (including phenoxy) is 2. The Morgan fingerprint density at radius 2 is 1.50 bits per heavy atom. The Labute approximate surface area is 151 Å². The Hall–Kier alpha value is -2.96. The Morgan fingerprint density at radius 1 is 0.846 bits per heavy atom. The number of H-pyrrole nitrogens is 1. The number of carbonyl (C=O) groups is 2. The summed E-state index contributed by atoms with van der Waals surface area (Å²) in [5.41, 5.74) is 1.23. The lowest BCUT2D eigenvalue weighted by Gasteiger charge is -2.34. The van der Waals surface area contributed by atoms with Crippen molar-refractivity contribution in [3.05, 3.63) is 47.8 Å². The lowest BCUT2D eigenvalue weighted by molar-refractivity contribution is 0.0535. The van der Waals surface area contributed by atoms with Crippen molar-refractivity contribution in [2.24, 2.45) is 0 Å². The Morgan fingerprint density at radius 3 is 2.15 bits per heavy atom. The van der Waals surface area contributed by atoms with Crippen molar-refractivity contribution in [3.63, 3.8) is 0 Å². The molecule has 1 fully saturated rings. The van der Waals surface area contributed by atoms with Gasteiger partial charge in [-0.3, -0.25) is 9.59 Å². The number of amides is 2. The smallest absolute Gasteiger partial charge is 0.255 e. The number of fused-ring (bicyclic) bond motifs is 1.